The van der Waals surface area contributed by atoms with Crippen LogP contribution in [0.15, 0.2) is 185 Å². The Morgan fingerprint density at radius 3 is 1.25 bits per heavy atom. The molecule has 8 rings (SSSR count). The molecular formula is C48H39N2O5S+. The van der Waals surface area contributed by atoms with Crippen molar-refractivity contribution in [3.63, 3.8) is 0 Å². The van der Waals surface area contributed by atoms with Crippen LogP contribution in [0.2, 0.25) is 0 Å². The van der Waals surface area contributed by atoms with Crippen molar-refractivity contribution in [2.24, 2.45) is 4.99 Å². The van der Waals surface area contributed by atoms with Crippen LogP contribution in [-0.2, 0) is 16.3 Å². The molecule has 0 N–H and O–H groups in total. The minimum atomic E-state index is -3.75. The van der Waals surface area contributed by atoms with Gasteiger partial charge in [0.15, 0.2) is 6.21 Å². The summed E-state index contributed by atoms with van der Waals surface area (Å²) in [5.74, 6) is 3.90. The van der Waals surface area contributed by atoms with Gasteiger partial charge in [0.1, 0.15) is 41.5 Å². The van der Waals surface area contributed by atoms with Crippen molar-refractivity contribution in [1.29, 1.82) is 0 Å². The third-order valence-electron chi connectivity index (χ3n) is 9.56. The molecule has 1 atom stereocenters. The number of nitrogens with zero attached hydrogens (tertiary/aromatic N) is 2. The highest BCUT2D eigenvalue weighted by molar-refractivity contribution is 7.91. The molecule has 0 fully saturated rings. The number of aryl methyl sites for hydroxylation is 1. The molecule has 0 amide bonds. The van der Waals surface area contributed by atoms with Crippen molar-refractivity contribution in [2.45, 2.75) is 29.3 Å². The zero-order valence-electron chi connectivity index (χ0n) is 30.9. The van der Waals surface area contributed by atoms with E-state index in [2.05, 4.69) is 48.3 Å². The quantitative estimate of drug-likeness (QED) is 0.116. The molecule has 8 heteroatoms. The minimum Gasteiger partial charge on any atom is -0.457 e. The van der Waals surface area contributed by atoms with Crippen LogP contribution >= 0.6 is 0 Å². The lowest BCUT2D eigenvalue weighted by Gasteiger charge is -2.11. The molecule has 1 aliphatic rings. The van der Waals surface area contributed by atoms with Crippen molar-refractivity contribution in [3.05, 3.63) is 192 Å². The number of hydrogen-bond acceptors (Lipinski definition) is 6. The normalized spacial score (nSPS) is 13.6. The second kappa shape index (κ2) is 15.9. The van der Waals surface area contributed by atoms with Gasteiger partial charge in [-0.15, -0.1) is 0 Å². The first kappa shape index (κ1) is 36.2. The maximum absolute atomic E-state index is 13.4. The van der Waals surface area contributed by atoms with Gasteiger partial charge in [-0.1, -0.05) is 66.2 Å². The lowest BCUT2D eigenvalue weighted by atomic mass is 10.0. The smallest absolute Gasteiger partial charge is 0.272 e. The Balaban J connectivity index is 0.839. The summed E-state index contributed by atoms with van der Waals surface area (Å²) in [6.45, 7) is 2.10. The molecule has 0 bridgehead atoms. The van der Waals surface area contributed by atoms with Crippen molar-refractivity contribution in [2.75, 3.05) is 7.05 Å². The molecule has 276 valence electrons. The van der Waals surface area contributed by atoms with Gasteiger partial charge in [-0.2, -0.15) is 0 Å². The van der Waals surface area contributed by atoms with Gasteiger partial charge in [0.05, 0.1) is 16.0 Å². The van der Waals surface area contributed by atoms with Gasteiger partial charge in [0, 0.05) is 5.56 Å². The van der Waals surface area contributed by atoms with Crippen LogP contribution in [0.25, 0.3) is 11.1 Å². The largest absolute Gasteiger partial charge is 0.457 e. The van der Waals surface area contributed by atoms with Crippen molar-refractivity contribution in [1.82, 2.24) is 0 Å². The average molecular weight is 756 g/mol. The van der Waals surface area contributed by atoms with E-state index in [0.717, 1.165) is 34.6 Å². The number of benzene rings is 7. The highest BCUT2D eigenvalue weighted by atomic mass is 32.2. The Bertz CT molecular complexity index is 2600. The average Bonchev–Trinajstić information content (AvgIpc) is 3.66. The molecule has 1 aliphatic heterocycles. The van der Waals surface area contributed by atoms with Gasteiger partial charge in [-0.05, 0) is 145 Å². The molecular weight excluding hydrogens is 717 g/mol. The first-order chi connectivity index (χ1) is 27.2. The lowest BCUT2D eigenvalue weighted by molar-refractivity contribution is -0.533. The van der Waals surface area contributed by atoms with E-state index in [1.54, 1.807) is 54.7 Å². The molecule has 1 heterocycles. The zero-order valence-corrected chi connectivity index (χ0v) is 31.8. The number of sulfone groups is 1. The highest BCUT2D eigenvalue weighted by Gasteiger charge is 2.21. The van der Waals surface area contributed by atoms with Crippen molar-refractivity contribution < 1.29 is 27.2 Å². The molecule has 0 saturated heterocycles. The summed E-state index contributed by atoms with van der Waals surface area (Å²) >= 11 is 0. The molecule has 7 aromatic carbocycles. The Hall–Kier alpha value is -6.77. The molecule has 0 radical (unpaired) electrons. The van der Waals surface area contributed by atoms with E-state index in [9.17, 15) is 8.42 Å². The predicted octanol–water partition coefficient (Wildman–Crippen LogP) is 11.3. The predicted molar refractivity (Wildman–Crippen MR) is 221 cm³/mol. The second-order valence-electron chi connectivity index (χ2n) is 13.7. The van der Waals surface area contributed by atoms with Gasteiger partial charge < -0.3 is 14.2 Å². The third kappa shape index (κ3) is 8.46. The summed E-state index contributed by atoms with van der Waals surface area (Å²) in [5, 5.41) is 0. The van der Waals surface area contributed by atoms with Crippen LogP contribution in [0.4, 0.5) is 0 Å². The highest BCUT2D eigenvalue weighted by Crippen LogP contribution is 2.32. The minimum absolute atomic E-state index is 0.0384. The Labute approximate surface area is 327 Å². The lowest BCUT2D eigenvalue weighted by Crippen LogP contribution is -2.08. The fourth-order valence-electron chi connectivity index (χ4n) is 6.41. The van der Waals surface area contributed by atoms with Crippen LogP contribution in [0.3, 0.4) is 0 Å². The number of rotatable bonds is 12. The molecule has 0 saturated carbocycles. The maximum atomic E-state index is 13.4. The van der Waals surface area contributed by atoms with Crippen molar-refractivity contribution >= 4 is 22.3 Å². The van der Waals surface area contributed by atoms with Crippen LogP contribution in [0, 0.1) is 6.92 Å². The number of ether oxygens (including phenoxy) is 3. The van der Waals surface area contributed by atoms with E-state index < -0.39 is 9.84 Å². The van der Waals surface area contributed by atoms with Crippen LogP contribution in [-0.4, -0.2) is 32.5 Å². The summed E-state index contributed by atoms with van der Waals surface area (Å²) in [6, 6.07) is 53.1. The van der Waals surface area contributed by atoms with Crippen molar-refractivity contribution in [3.8, 4) is 45.6 Å². The summed E-state index contributed by atoms with van der Waals surface area (Å²) in [4.78, 5) is 4.79. The monoisotopic (exact) mass is 755 g/mol. The molecule has 7 aromatic rings. The first-order valence-corrected chi connectivity index (χ1v) is 19.8. The standard InChI is InChI=1S/C48H39N2O5S/c1-34-3-5-35(6-4-34)33-36-7-15-40(16-8-36)53-41-17-9-37(10-18-41)38-11-19-42(20-12-38)54-44-23-27-46(28-24-44)56(51,52)47-29-25-45(26-30-47)55-43-21-13-39(14-22-43)48-49-31-32-50(48)2/h3-32,48H,33H2,1-2H3/q+1. The van der Waals surface area contributed by atoms with E-state index in [0.29, 0.717) is 23.0 Å². The molecule has 1 unspecified atom stereocenters. The third-order valence-corrected chi connectivity index (χ3v) is 11.3. The van der Waals surface area contributed by atoms with Gasteiger partial charge in [-0.3, -0.25) is 0 Å². The van der Waals surface area contributed by atoms with E-state index in [1.165, 1.54) is 16.7 Å². The van der Waals surface area contributed by atoms with Gasteiger partial charge in [0.25, 0.3) is 6.17 Å². The number of aliphatic imine (C=N–C) groups is 1. The Morgan fingerprint density at radius 1 is 0.500 bits per heavy atom. The van der Waals surface area contributed by atoms with Gasteiger partial charge >= 0.3 is 0 Å². The molecule has 0 aromatic heterocycles. The van der Waals surface area contributed by atoms with E-state index in [1.807, 2.05) is 103 Å². The summed E-state index contributed by atoms with van der Waals surface area (Å²) in [5.41, 5.74) is 6.91. The van der Waals surface area contributed by atoms with Gasteiger partial charge in [0.2, 0.25) is 9.84 Å². The SMILES string of the molecule is Cc1ccc(Cc2ccc(Oc3ccc(-c4ccc(Oc5ccc(S(=O)(=O)c6ccc(Oc7ccc(C8N=CC=[N+]8C)cc7)cc6)cc5)cc4)cc3)cc2)cc1. The number of hydrogen-bond donors (Lipinski definition) is 0. The second-order valence-corrected chi connectivity index (χ2v) is 15.6. The molecule has 0 spiro atoms. The zero-order chi connectivity index (χ0) is 38.5. The Kier molecular flexibility index (Phi) is 10.3. The van der Waals surface area contributed by atoms with Crippen LogP contribution < -0.4 is 14.2 Å². The van der Waals surface area contributed by atoms with Gasteiger partial charge in [-0.25, -0.2) is 18.0 Å². The van der Waals surface area contributed by atoms with E-state index >= 15 is 0 Å². The summed E-state index contributed by atoms with van der Waals surface area (Å²) in [7, 11) is -1.77. The van der Waals surface area contributed by atoms with Crippen LogP contribution in [0.5, 0.6) is 34.5 Å². The fourth-order valence-corrected chi connectivity index (χ4v) is 7.67. The molecule has 56 heavy (non-hydrogen) atoms. The van der Waals surface area contributed by atoms with E-state index in [-0.39, 0.29) is 16.0 Å². The summed E-state index contributed by atoms with van der Waals surface area (Å²) in [6.07, 6.45) is 4.57. The Morgan fingerprint density at radius 2 is 0.857 bits per heavy atom. The van der Waals surface area contributed by atoms with E-state index in [4.69, 9.17) is 14.2 Å². The summed E-state index contributed by atoms with van der Waals surface area (Å²) < 4.78 is 47.0. The molecule has 0 aliphatic carbocycles. The maximum Gasteiger partial charge on any atom is 0.272 e. The van der Waals surface area contributed by atoms with Crippen LogP contribution in [0.1, 0.15) is 28.4 Å². The fraction of sp³-hybridized carbons (Fsp3) is 0.0833. The first-order valence-electron chi connectivity index (χ1n) is 18.3. The topological polar surface area (TPSA) is 77.2 Å². The molecule has 7 nitrogen and oxygen atoms in total.